The van der Waals surface area contributed by atoms with Crippen LogP contribution in [-0.2, 0) is 9.59 Å². The van der Waals surface area contributed by atoms with Gasteiger partial charge in [0.25, 0.3) is 0 Å². The quantitative estimate of drug-likeness (QED) is 0.829. The molecule has 1 aliphatic heterocycles. The number of halogens is 1. The molecule has 0 unspecified atom stereocenters. The molecule has 2 N–H and O–H groups in total. The summed E-state index contributed by atoms with van der Waals surface area (Å²) in [7, 11) is 0. The first kappa shape index (κ1) is 17.1. The third kappa shape index (κ3) is 4.20. The molecular weight excluding hydrogens is 326 g/mol. The molecule has 1 aromatic rings. The third-order valence-corrected chi connectivity index (χ3v) is 5.08. The number of nitrogens with one attached hydrogen (secondary N) is 2. The summed E-state index contributed by atoms with van der Waals surface area (Å²) in [5.41, 5.74) is 1.72. The second-order valence-electron chi connectivity index (χ2n) is 6.77. The molecule has 1 aliphatic carbocycles. The Balaban J connectivity index is 1.45. The van der Waals surface area contributed by atoms with Gasteiger partial charge in [-0.3, -0.25) is 9.59 Å². The Labute approximate surface area is 147 Å². The van der Waals surface area contributed by atoms with Crippen LogP contribution in [0, 0.1) is 11.8 Å². The number of carbonyl (C=O) groups is 2. The van der Waals surface area contributed by atoms with Crippen LogP contribution >= 0.6 is 11.6 Å². The highest BCUT2D eigenvalue weighted by molar-refractivity contribution is 6.33. The average Bonchev–Trinajstić information content (AvgIpc) is 3.05. The topological polar surface area (TPSA) is 61.4 Å². The molecule has 2 amide bonds. The average molecular weight is 350 g/mol. The van der Waals surface area contributed by atoms with Gasteiger partial charge in [-0.1, -0.05) is 18.5 Å². The van der Waals surface area contributed by atoms with E-state index in [1.807, 2.05) is 12.1 Å². The lowest BCUT2D eigenvalue weighted by Gasteiger charge is -2.19. The second kappa shape index (κ2) is 7.43. The van der Waals surface area contributed by atoms with E-state index in [1.54, 1.807) is 6.07 Å². The first-order chi connectivity index (χ1) is 11.5. The zero-order chi connectivity index (χ0) is 17.1. The fraction of sp³-hybridized carbons (Fsp3) is 0.556. The van der Waals surface area contributed by atoms with E-state index in [9.17, 15) is 9.59 Å². The van der Waals surface area contributed by atoms with E-state index in [-0.39, 0.29) is 24.2 Å². The SMILES string of the molecule is C[C@H]1C[C@@H]1C(=O)NCCC(=O)Nc1ccc(N2CCCC2)c(Cl)c1. The van der Waals surface area contributed by atoms with Crippen molar-refractivity contribution in [3.05, 3.63) is 23.2 Å². The number of benzene rings is 1. The highest BCUT2D eigenvalue weighted by atomic mass is 35.5. The summed E-state index contributed by atoms with van der Waals surface area (Å²) in [4.78, 5) is 25.9. The minimum absolute atomic E-state index is 0.0633. The van der Waals surface area contributed by atoms with Crippen LogP contribution in [0.15, 0.2) is 18.2 Å². The molecule has 1 saturated carbocycles. The maximum absolute atomic E-state index is 12.0. The van der Waals surface area contributed by atoms with Crippen LogP contribution in [0.2, 0.25) is 5.02 Å². The van der Waals surface area contributed by atoms with Crippen molar-refractivity contribution in [3.8, 4) is 0 Å². The largest absolute Gasteiger partial charge is 0.370 e. The minimum atomic E-state index is -0.121. The van der Waals surface area contributed by atoms with Gasteiger partial charge in [0.1, 0.15) is 0 Å². The fourth-order valence-electron chi connectivity index (χ4n) is 3.14. The standard InChI is InChI=1S/C18H24ClN3O2/c1-12-10-14(12)18(24)20-7-6-17(23)21-13-4-5-16(15(19)11-13)22-8-2-3-9-22/h4-5,11-12,14H,2-3,6-10H2,1H3,(H,20,24)(H,21,23)/t12-,14-/m0/s1. The van der Waals surface area contributed by atoms with Gasteiger partial charge in [-0.15, -0.1) is 0 Å². The Morgan fingerprint density at radius 3 is 2.62 bits per heavy atom. The van der Waals surface area contributed by atoms with Crippen LogP contribution in [0.4, 0.5) is 11.4 Å². The molecule has 1 heterocycles. The molecule has 24 heavy (non-hydrogen) atoms. The first-order valence-electron chi connectivity index (χ1n) is 8.66. The van der Waals surface area contributed by atoms with Gasteiger partial charge in [0, 0.05) is 37.7 Å². The fourth-order valence-corrected chi connectivity index (χ4v) is 3.44. The minimum Gasteiger partial charge on any atom is -0.370 e. The van der Waals surface area contributed by atoms with Gasteiger partial charge in [0.2, 0.25) is 11.8 Å². The van der Waals surface area contributed by atoms with Crippen molar-refractivity contribution in [3.63, 3.8) is 0 Å². The van der Waals surface area contributed by atoms with Crippen molar-refractivity contribution in [1.82, 2.24) is 5.32 Å². The Hall–Kier alpha value is -1.75. The van der Waals surface area contributed by atoms with Gasteiger partial charge in [-0.2, -0.15) is 0 Å². The summed E-state index contributed by atoms with van der Waals surface area (Å²) in [6, 6.07) is 5.62. The van der Waals surface area contributed by atoms with Crippen molar-refractivity contribution < 1.29 is 9.59 Å². The molecule has 5 nitrogen and oxygen atoms in total. The van der Waals surface area contributed by atoms with Crippen LogP contribution in [0.25, 0.3) is 0 Å². The molecule has 130 valence electrons. The molecule has 2 fully saturated rings. The van der Waals surface area contributed by atoms with E-state index in [0.29, 0.717) is 23.2 Å². The highest BCUT2D eigenvalue weighted by Crippen LogP contribution is 2.37. The highest BCUT2D eigenvalue weighted by Gasteiger charge is 2.38. The van der Waals surface area contributed by atoms with E-state index >= 15 is 0 Å². The Morgan fingerprint density at radius 1 is 1.29 bits per heavy atom. The predicted octanol–water partition coefficient (Wildman–Crippen LogP) is 3.04. The summed E-state index contributed by atoms with van der Waals surface area (Å²) in [5.74, 6) is 0.567. The van der Waals surface area contributed by atoms with Crippen LogP contribution in [-0.4, -0.2) is 31.4 Å². The monoisotopic (exact) mass is 349 g/mol. The normalized spacial score (nSPS) is 22.3. The lowest BCUT2D eigenvalue weighted by molar-refractivity contribution is -0.122. The number of anilines is 2. The van der Waals surface area contributed by atoms with Crippen molar-refractivity contribution in [2.45, 2.75) is 32.6 Å². The van der Waals surface area contributed by atoms with Gasteiger partial charge in [0.15, 0.2) is 0 Å². The van der Waals surface area contributed by atoms with Gasteiger partial charge < -0.3 is 15.5 Å². The van der Waals surface area contributed by atoms with Gasteiger partial charge in [-0.05, 0) is 43.4 Å². The van der Waals surface area contributed by atoms with E-state index in [0.717, 1.165) is 25.2 Å². The lowest BCUT2D eigenvalue weighted by atomic mass is 10.2. The van der Waals surface area contributed by atoms with E-state index in [1.165, 1.54) is 12.8 Å². The summed E-state index contributed by atoms with van der Waals surface area (Å²) >= 11 is 6.34. The van der Waals surface area contributed by atoms with Crippen LogP contribution in [0.1, 0.15) is 32.6 Å². The van der Waals surface area contributed by atoms with Gasteiger partial charge in [0.05, 0.1) is 10.7 Å². The summed E-state index contributed by atoms with van der Waals surface area (Å²) in [6.07, 6.45) is 3.61. The molecule has 3 rings (SSSR count). The van der Waals surface area contributed by atoms with Gasteiger partial charge >= 0.3 is 0 Å². The number of hydrogen-bond donors (Lipinski definition) is 2. The van der Waals surface area contributed by atoms with E-state index < -0.39 is 0 Å². The number of amides is 2. The van der Waals surface area contributed by atoms with Crippen LogP contribution in [0.5, 0.6) is 0 Å². The molecule has 1 saturated heterocycles. The van der Waals surface area contributed by atoms with Crippen molar-refractivity contribution in [2.75, 3.05) is 29.9 Å². The zero-order valence-corrected chi connectivity index (χ0v) is 14.7. The van der Waals surface area contributed by atoms with Crippen LogP contribution < -0.4 is 15.5 Å². The molecule has 1 aromatic carbocycles. The lowest BCUT2D eigenvalue weighted by Crippen LogP contribution is -2.29. The number of rotatable bonds is 6. The van der Waals surface area contributed by atoms with Crippen molar-refractivity contribution in [2.24, 2.45) is 11.8 Å². The predicted molar refractivity (Wildman–Crippen MR) is 96.4 cm³/mol. The Bertz CT molecular complexity index is 629. The number of hydrogen-bond acceptors (Lipinski definition) is 3. The summed E-state index contributed by atoms with van der Waals surface area (Å²) < 4.78 is 0. The van der Waals surface area contributed by atoms with Crippen molar-refractivity contribution >= 4 is 34.8 Å². The number of carbonyl (C=O) groups excluding carboxylic acids is 2. The number of nitrogens with zero attached hydrogens (tertiary/aromatic N) is 1. The summed E-state index contributed by atoms with van der Waals surface area (Å²) in [5, 5.41) is 6.31. The molecule has 0 aromatic heterocycles. The van der Waals surface area contributed by atoms with E-state index in [2.05, 4.69) is 22.5 Å². The molecule has 0 spiro atoms. The molecule has 2 atom stereocenters. The van der Waals surface area contributed by atoms with E-state index in [4.69, 9.17) is 11.6 Å². The smallest absolute Gasteiger partial charge is 0.226 e. The third-order valence-electron chi connectivity index (χ3n) is 4.78. The summed E-state index contributed by atoms with van der Waals surface area (Å²) in [6.45, 7) is 4.50. The van der Waals surface area contributed by atoms with Crippen LogP contribution in [0.3, 0.4) is 0 Å². The Morgan fingerprint density at radius 2 is 2.00 bits per heavy atom. The Kier molecular flexibility index (Phi) is 5.29. The second-order valence-corrected chi connectivity index (χ2v) is 7.18. The molecular formula is C18H24ClN3O2. The first-order valence-corrected chi connectivity index (χ1v) is 9.04. The molecule has 6 heteroatoms. The van der Waals surface area contributed by atoms with Crippen molar-refractivity contribution in [1.29, 1.82) is 0 Å². The molecule has 0 bridgehead atoms. The molecule has 2 aliphatic rings. The zero-order valence-electron chi connectivity index (χ0n) is 14.0. The molecule has 0 radical (unpaired) electrons. The maximum atomic E-state index is 12.0. The van der Waals surface area contributed by atoms with Gasteiger partial charge in [-0.25, -0.2) is 0 Å². The maximum Gasteiger partial charge on any atom is 0.226 e.